The normalized spacial score (nSPS) is 10.4. The summed E-state index contributed by atoms with van der Waals surface area (Å²) >= 11 is 0. The van der Waals surface area contributed by atoms with Crippen molar-refractivity contribution in [2.24, 2.45) is 0 Å². The van der Waals surface area contributed by atoms with E-state index < -0.39 is 0 Å². The molecule has 8 heteroatoms. The Hall–Kier alpha value is -3.55. The number of benzene rings is 2. The molecule has 0 radical (unpaired) electrons. The highest BCUT2D eigenvalue weighted by atomic mass is 16.5. The number of nitrogens with zero attached hydrogens (tertiary/aromatic N) is 2. The van der Waals surface area contributed by atoms with Crippen LogP contribution in [0.4, 0.5) is 0 Å². The van der Waals surface area contributed by atoms with Gasteiger partial charge in [0.05, 0.1) is 14.2 Å². The smallest absolute Gasteiger partial charge is 0.257 e. The first-order chi connectivity index (χ1) is 13.7. The van der Waals surface area contributed by atoms with E-state index >= 15 is 0 Å². The summed E-state index contributed by atoms with van der Waals surface area (Å²) in [5.41, 5.74) is 0.800. The summed E-state index contributed by atoms with van der Waals surface area (Å²) in [4.78, 5) is 11.9. The molecule has 0 atom stereocenters. The second kappa shape index (κ2) is 9.40. The van der Waals surface area contributed by atoms with Crippen molar-refractivity contribution in [1.82, 2.24) is 15.5 Å². The monoisotopic (exact) mass is 383 g/mol. The van der Waals surface area contributed by atoms with Crippen LogP contribution in [0.1, 0.15) is 5.89 Å². The Bertz CT molecular complexity index is 908. The van der Waals surface area contributed by atoms with Gasteiger partial charge in [-0.25, -0.2) is 0 Å². The molecule has 0 saturated heterocycles. The van der Waals surface area contributed by atoms with Crippen molar-refractivity contribution in [3.05, 3.63) is 54.4 Å². The zero-order valence-electron chi connectivity index (χ0n) is 15.7. The Morgan fingerprint density at radius 2 is 1.75 bits per heavy atom. The van der Waals surface area contributed by atoms with Gasteiger partial charge < -0.3 is 23.9 Å². The third kappa shape index (κ3) is 5.00. The van der Waals surface area contributed by atoms with E-state index in [1.807, 2.05) is 36.4 Å². The first-order valence-corrected chi connectivity index (χ1v) is 8.69. The molecule has 1 N–H and O–H groups in total. The Kier molecular flexibility index (Phi) is 6.46. The quantitative estimate of drug-likeness (QED) is 0.606. The maximum absolute atomic E-state index is 11.9. The number of aromatic nitrogens is 2. The summed E-state index contributed by atoms with van der Waals surface area (Å²) in [5, 5.41) is 10.8. The molecular formula is C20H21N3O5. The molecule has 3 aromatic rings. The molecule has 28 heavy (non-hydrogen) atoms. The Morgan fingerprint density at radius 3 is 2.46 bits per heavy atom. The van der Waals surface area contributed by atoms with Gasteiger partial charge in [0.1, 0.15) is 5.75 Å². The minimum atomic E-state index is -0.249. The molecule has 0 spiro atoms. The zero-order valence-corrected chi connectivity index (χ0v) is 15.7. The number of ether oxygens (including phenoxy) is 3. The van der Waals surface area contributed by atoms with Gasteiger partial charge in [-0.05, 0) is 36.4 Å². The number of carbonyl (C=O) groups is 1. The van der Waals surface area contributed by atoms with Gasteiger partial charge in [0, 0.05) is 18.5 Å². The van der Waals surface area contributed by atoms with Gasteiger partial charge in [-0.2, -0.15) is 0 Å². The number of carbonyl (C=O) groups excluding carboxylic acids is 1. The van der Waals surface area contributed by atoms with E-state index in [-0.39, 0.29) is 12.5 Å². The van der Waals surface area contributed by atoms with Gasteiger partial charge in [-0.3, -0.25) is 4.79 Å². The highest BCUT2D eigenvalue weighted by Gasteiger charge is 2.10. The Labute approximate surface area is 162 Å². The zero-order chi connectivity index (χ0) is 19.8. The molecule has 3 rings (SSSR count). The first-order valence-electron chi connectivity index (χ1n) is 8.69. The highest BCUT2D eigenvalue weighted by Crippen LogP contribution is 2.25. The van der Waals surface area contributed by atoms with Crippen LogP contribution in [0.25, 0.3) is 11.5 Å². The lowest BCUT2D eigenvalue weighted by atomic mass is 10.2. The lowest BCUT2D eigenvalue weighted by molar-refractivity contribution is -0.123. The van der Waals surface area contributed by atoms with Gasteiger partial charge in [0.15, 0.2) is 18.1 Å². The molecule has 146 valence electrons. The number of nitrogens with one attached hydrogen (secondary N) is 1. The summed E-state index contributed by atoms with van der Waals surface area (Å²) in [6, 6.07) is 14.5. The van der Waals surface area contributed by atoms with E-state index in [0.717, 1.165) is 11.3 Å². The Balaban J connectivity index is 1.44. The van der Waals surface area contributed by atoms with Crippen LogP contribution >= 0.6 is 0 Å². The van der Waals surface area contributed by atoms with Crippen LogP contribution < -0.4 is 19.5 Å². The van der Waals surface area contributed by atoms with Crippen LogP contribution in [0.2, 0.25) is 0 Å². The molecule has 0 aliphatic carbocycles. The fraction of sp³-hybridized carbons (Fsp3) is 0.250. The fourth-order valence-corrected chi connectivity index (χ4v) is 2.45. The SMILES string of the molecule is COc1ccc(-c2nnc(CCNC(=O)COc3ccccc3OC)o2)cc1. The van der Waals surface area contributed by atoms with Crippen molar-refractivity contribution in [2.75, 3.05) is 27.4 Å². The van der Waals surface area contributed by atoms with Crippen LogP contribution in [0.3, 0.4) is 0 Å². The van der Waals surface area contributed by atoms with Crippen molar-refractivity contribution in [3.8, 4) is 28.7 Å². The van der Waals surface area contributed by atoms with E-state index in [0.29, 0.717) is 36.2 Å². The number of rotatable bonds is 9. The molecule has 0 aliphatic heterocycles. The summed E-state index contributed by atoms with van der Waals surface area (Å²) in [5.74, 6) is 2.45. The predicted octanol–water partition coefficient (Wildman–Crippen LogP) is 2.49. The molecule has 0 unspecified atom stereocenters. The number of methoxy groups -OCH3 is 2. The van der Waals surface area contributed by atoms with Crippen molar-refractivity contribution >= 4 is 5.91 Å². The van der Waals surface area contributed by atoms with Crippen LogP contribution in [0.5, 0.6) is 17.2 Å². The molecule has 0 bridgehead atoms. The molecule has 1 aromatic heterocycles. The minimum absolute atomic E-state index is 0.110. The third-order valence-corrected chi connectivity index (χ3v) is 3.89. The summed E-state index contributed by atoms with van der Waals surface area (Å²) in [6.07, 6.45) is 0.420. The van der Waals surface area contributed by atoms with E-state index in [1.54, 1.807) is 26.4 Å². The van der Waals surface area contributed by atoms with E-state index in [1.165, 1.54) is 0 Å². The Morgan fingerprint density at radius 1 is 1.00 bits per heavy atom. The molecular weight excluding hydrogens is 362 g/mol. The topological polar surface area (TPSA) is 95.7 Å². The van der Waals surface area contributed by atoms with Crippen molar-refractivity contribution in [1.29, 1.82) is 0 Å². The average molecular weight is 383 g/mol. The van der Waals surface area contributed by atoms with Gasteiger partial charge in [0.2, 0.25) is 11.8 Å². The number of hydrogen-bond donors (Lipinski definition) is 1. The maximum Gasteiger partial charge on any atom is 0.257 e. The van der Waals surface area contributed by atoms with Gasteiger partial charge in [-0.15, -0.1) is 10.2 Å². The molecule has 0 saturated carbocycles. The molecule has 1 heterocycles. The standard InChI is InChI=1S/C20H21N3O5/c1-25-15-9-7-14(8-10-15)20-23-22-19(28-20)11-12-21-18(24)13-27-17-6-4-3-5-16(17)26-2/h3-10H,11-13H2,1-2H3,(H,21,24). The summed E-state index contributed by atoms with van der Waals surface area (Å²) in [7, 11) is 3.16. The number of hydrogen-bond acceptors (Lipinski definition) is 7. The van der Waals surface area contributed by atoms with Crippen molar-refractivity contribution < 1.29 is 23.4 Å². The molecule has 0 aliphatic rings. The van der Waals surface area contributed by atoms with Crippen LogP contribution in [-0.2, 0) is 11.2 Å². The van der Waals surface area contributed by atoms with Gasteiger partial charge in [-0.1, -0.05) is 12.1 Å². The van der Waals surface area contributed by atoms with Crippen LogP contribution in [0.15, 0.2) is 52.9 Å². The predicted molar refractivity (Wildman–Crippen MR) is 101 cm³/mol. The second-order valence-electron chi connectivity index (χ2n) is 5.77. The lowest BCUT2D eigenvalue weighted by Crippen LogP contribution is -2.30. The van der Waals surface area contributed by atoms with Crippen LogP contribution in [0, 0.1) is 0 Å². The molecule has 8 nitrogen and oxygen atoms in total. The lowest BCUT2D eigenvalue weighted by Gasteiger charge is -2.10. The minimum Gasteiger partial charge on any atom is -0.497 e. The number of amides is 1. The third-order valence-electron chi connectivity index (χ3n) is 3.89. The molecule has 1 amide bonds. The second-order valence-corrected chi connectivity index (χ2v) is 5.77. The molecule has 0 fully saturated rings. The first kappa shape index (κ1) is 19.2. The maximum atomic E-state index is 11.9. The fourth-order valence-electron chi connectivity index (χ4n) is 2.45. The van der Waals surface area contributed by atoms with E-state index in [4.69, 9.17) is 18.6 Å². The number of para-hydroxylation sites is 2. The van der Waals surface area contributed by atoms with Gasteiger partial charge in [0.25, 0.3) is 5.91 Å². The van der Waals surface area contributed by atoms with Crippen molar-refractivity contribution in [3.63, 3.8) is 0 Å². The summed E-state index contributed by atoms with van der Waals surface area (Å²) < 4.78 is 21.4. The van der Waals surface area contributed by atoms with E-state index in [2.05, 4.69) is 15.5 Å². The highest BCUT2D eigenvalue weighted by molar-refractivity contribution is 5.77. The van der Waals surface area contributed by atoms with E-state index in [9.17, 15) is 4.79 Å². The van der Waals surface area contributed by atoms with Crippen LogP contribution in [-0.4, -0.2) is 43.5 Å². The largest absolute Gasteiger partial charge is 0.497 e. The van der Waals surface area contributed by atoms with Gasteiger partial charge >= 0.3 is 0 Å². The molecule has 2 aromatic carbocycles. The van der Waals surface area contributed by atoms with Crippen molar-refractivity contribution in [2.45, 2.75) is 6.42 Å². The average Bonchev–Trinajstić information content (AvgIpc) is 3.21. The summed E-state index contributed by atoms with van der Waals surface area (Å²) in [6.45, 7) is 0.250.